The molecule has 100 valence electrons. The Balaban J connectivity index is 1.57. The largest absolute Gasteiger partial charge is 0.356 e. The van der Waals surface area contributed by atoms with Gasteiger partial charge in [0.15, 0.2) is 0 Å². The normalized spacial score (nSPS) is 10.3. The van der Waals surface area contributed by atoms with Gasteiger partial charge in [-0.1, -0.05) is 18.2 Å². The van der Waals surface area contributed by atoms with Gasteiger partial charge in [-0.2, -0.15) is 11.3 Å². The minimum absolute atomic E-state index is 0.138. The number of benzene rings is 1. The molecule has 2 aromatic rings. The van der Waals surface area contributed by atoms with Crippen molar-refractivity contribution in [2.75, 3.05) is 12.3 Å². The van der Waals surface area contributed by atoms with E-state index in [4.69, 9.17) is 0 Å². The van der Waals surface area contributed by atoms with Crippen molar-refractivity contribution in [2.24, 2.45) is 0 Å². The van der Waals surface area contributed by atoms with E-state index < -0.39 is 0 Å². The lowest BCUT2D eigenvalue weighted by molar-refractivity contribution is -0.120. The number of thiophene rings is 1. The average Bonchev–Trinajstić information content (AvgIpc) is 2.93. The molecule has 19 heavy (non-hydrogen) atoms. The molecule has 1 aromatic carbocycles. The fourth-order valence-electron chi connectivity index (χ4n) is 1.65. The number of amides is 1. The Morgan fingerprint density at radius 3 is 2.79 bits per heavy atom. The van der Waals surface area contributed by atoms with Crippen molar-refractivity contribution in [3.05, 3.63) is 52.7 Å². The molecule has 0 spiro atoms. The van der Waals surface area contributed by atoms with E-state index in [0.717, 1.165) is 18.7 Å². The maximum Gasteiger partial charge on any atom is 0.220 e. The van der Waals surface area contributed by atoms with Crippen molar-refractivity contribution in [3.63, 3.8) is 0 Å². The number of carbonyl (C=O) groups excluding carboxylic acids is 1. The van der Waals surface area contributed by atoms with E-state index in [-0.39, 0.29) is 5.91 Å². The molecule has 0 aliphatic rings. The quantitative estimate of drug-likeness (QED) is 0.790. The molecule has 0 atom stereocenters. The molecule has 0 aliphatic heterocycles. The van der Waals surface area contributed by atoms with Crippen LogP contribution in [0.4, 0.5) is 0 Å². The molecule has 1 aromatic heterocycles. The van der Waals surface area contributed by atoms with Gasteiger partial charge >= 0.3 is 0 Å². The smallest absolute Gasteiger partial charge is 0.220 e. The Labute approximate surface area is 122 Å². The summed E-state index contributed by atoms with van der Waals surface area (Å²) in [4.78, 5) is 12.9. The molecule has 2 rings (SSSR count). The first-order valence-electron chi connectivity index (χ1n) is 6.30. The van der Waals surface area contributed by atoms with Crippen LogP contribution in [0.25, 0.3) is 0 Å². The van der Waals surface area contributed by atoms with Crippen molar-refractivity contribution in [1.29, 1.82) is 0 Å². The molecule has 0 bridgehead atoms. The number of hydrogen-bond acceptors (Lipinski definition) is 3. The minimum atomic E-state index is 0.138. The van der Waals surface area contributed by atoms with E-state index in [1.54, 1.807) is 23.1 Å². The van der Waals surface area contributed by atoms with Gasteiger partial charge < -0.3 is 5.32 Å². The van der Waals surface area contributed by atoms with Crippen LogP contribution in [0.1, 0.15) is 12.0 Å². The maximum atomic E-state index is 11.6. The Kier molecular flexibility index (Phi) is 5.98. The Morgan fingerprint density at radius 2 is 2.05 bits per heavy atom. The van der Waals surface area contributed by atoms with Crippen LogP contribution < -0.4 is 5.32 Å². The van der Waals surface area contributed by atoms with Crippen molar-refractivity contribution < 1.29 is 4.79 Å². The number of hydrogen-bond donors (Lipinski definition) is 1. The molecule has 0 aliphatic carbocycles. The van der Waals surface area contributed by atoms with Gasteiger partial charge in [-0.05, 0) is 40.9 Å². The van der Waals surface area contributed by atoms with Gasteiger partial charge in [-0.25, -0.2) is 0 Å². The van der Waals surface area contributed by atoms with Gasteiger partial charge in [0.1, 0.15) is 0 Å². The second-order valence-corrected chi connectivity index (χ2v) is 6.09. The highest BCUT2D eigenvalue weighted by molar-refractivity contribution is 7.99. The third-order valence-corrected chi connectivity index (χ3v) is 4.40. The molecule has 2 nitrogen and oxygen atoms in total. The summed E-state index contributed by atoms with van der Waals surface area (Å²) < 4.78 is 0. The number of nitrogens with one attached hydrogen (secondary N) is 1. The van der Waals surface area contributed by atoms with Gasteiger partial charge in [0.25, 0.3) is 0 Å². The van der Waals surface area contributed by atoms with E-state index in [1.807, 2.05) is 18.2 Å². The lowest BCUT2D eigenvalue weighted by atomic mass is 10.2. The second-order valence-electron chi connectivity index (χ2n) is 4.14. The first-order chi connectivity index (χ1) is 9.34. The number of rotatable bonds is 7. The fraction of sp³-hybridized carbons (Fsp3) is 0.267. The molecule has 1 heterocycles. The van der Waals surface area contributed by atoms with E-state index in [2.05, 4.69) is 34.3 Å². The highest BCUT2D eigenvalue weighted by Gasteiger charge is 2.01. The fourth-order valence-corrected chi connectivity index (χ4v) is 3.22. The highest BCUT2D eigenvalue weighted by atomic mass is 32.2. The van der Waals surface area contributed by atoms with E-state index in [0.29, 0.717) is 6.42 Å². The van der Waals surface area contributed by atoms with Crippen LogP contribution in [0.5, 0.6) is 0 Å². The molecule has 0 saturated heterocycles. The lowest BCUT2D eigenvalue weighted by Gasteiger charge is -2.04. The summed E-state index contributed by atoms with van der Waals surface area (Å²) >= 11 is 3.41. The van der Waals surface area contributed by atoms with E-state index in [9.17, 15) is 4.79 Å². The van der Waals surface area contributed by atoms with Crippen molar-refractivity contribution in [2.45, 2.75) is 17.7 Å². The summed E-state index contributed by atoms with van der Waals surface area (Å²) in [7, 11) is 0. The Hall–Kier alpha value is -1.26. The van der Waals surface area contributed by atoms with Crippen LogP contribution in [-0.4, -0.2) is 18.2 Å². The maximum absolute atomic E-state index is 11.6. The second kappa shape index (κ2) is 8.02. The summed E-state index contributed by atoms with van der Waals surface area (Å²) in [5, 5.41) is 7.15. The van der Waals surface area contributed by atoms with Crippen molar-refractivity contribution in [3.8, 4) is 0 Å². The number of thioether (sulfide) groups is 1. The lowest BCUT2D eigenvalue weighted by Crippen LogP contribution is -2.25. The first kappa shape index (κ1) is 14.2. The molecule has 1 amide bonds. The molecule has 0 unspecified atom stereocenters. The third-order valence-electron chi connectivity index (χ3n) is 2.66. The zero-order chi connectivity index (χ0) is 13.3. The summed E-state index contributed by atoms with van der Waals surface area (Å²) in [6.07, 6.45) is 1.49. The monoisotopic (exact) mass is 291 g/mol. The minimum Gasteiger partial charge on any atom is -0.356 e. The summed E-state index contributed by atoms with van der Waals surface area (Å²) in [5.41, 5.74) is 1.30. The molecule has 0 fully saturated rings. The first-order valence-corrected chi connectivity index (χ1v) is 8.23. The molecule has 4 heteroatoms. The van der Waals surface area contributed by atoms with Gasteiger partial charge in [0.05, 0.1) is 0 Å². The highest BCUT2D eigenvalue weighted by Crippen LogP contribution is 2.17. The van der Waals surface area contributed by atoms with Gasteiger partial charge in [-0.3, -0.25) is 4.79 Å². The van der Waals surface area contributed by atoms with Crippen LogP contribution in [0.2, 0.25) is 0 Å². The van der Waals surface area contributed by atoms with Gasteiger partial charge in [0.2, 0.25) is 5.91 Å². The van der Waals surface area contributed by atoms with Crippen molar-refractivity contribution in [1.82, 2.24) is 5.32 Å². The zero-order valence-electron chi connectivity index (χ0n) is 10.7. The molecule has 0 radical (unpaired) electrons. The van der Waals surface area contributed by atoms with Gasteiger partial charge in [-0.15, -0.1) is 11.8 Å². The molecule has 0 saturated carbocycles. The van der Waals surface area contributed by atoms with Crippen LogP contribution in [0.3, 0.4) is 0 Å². The SMILES string of the molecule is O=C(CCSc1ccccc1)NCCc1ccsc1. The van der Waals surface area contributed by atoms with Gasteiger partial charge in [0, 0.05) is 23.6 Å². The summed E-state index contributed by atoms with van der Waals surface area (Å²) in [6, 6.07) is 12.3. The van der Waals surface area contributed by atoms with Crippen LogP contribution in [-0.2, 0) is 11.2 Å². The van der Waals surface area contributed by atoms with E-state index >= 15 is 0 Å². The van der Waals surface area contributed by atoms with Crippen LogP contribution >= 0.6 is 23.1 Å². The summed E-state index contributed by atoms with van der Waals surface area (Å²) in [6.45, 7) is 0.728. The molecular weight excluding hydrogens is 274 g/mol. The van der Waals surface area contributed by atoms with Crippen LogP contribution in [0, 0.1) is 0 Å². The summed E-state index contributed by atoms with van der Waals surface area (Å²) in [5.74, 6) is 0.965. The van der Waals surface area contributed by atoms with E-state index in [1.165, 1.54) is 10.5 Å². The zero-order valence-corrected chi connectivity index (χ0v) is 12.3. The Morgan fingerprint density at radius 1 is 1.21 bits per heavy atom. The molecule has 1 N–H and O–H groups in total. The Bertz CT molecular complexity index is 482. The van der Waals surface area contributed by atoms with Crippen LogP contribution in [0.15, 0.2) is 52.1 Å². The predicted molar refractivity (Wildman–Crippen MR) is 82.8 cm³/mol. The van der Waals surface area contributed by atoms with Crippen molar-refractivity contribution >= 4 is 29.0 Å². The number of carbonyl (C=O) groups is 1. The third kappa shape index (κ3) is 5.49. The predicted octanol–water partition coefficient (Wildman–Crippen LogP) is 3.59. The topological polar surface area (TPSA) is 29.1 Å². The standard InChI is InChI=1S/C15H17NOS2/c17-15(16-9-6-13-7-10-18-12-13)8-11-19-14-4-2-1-3-5-14/h1-5,7,10,12H,6,8-9,11H2,(H,16,17). The average molecular weight is 291 g/mol. The molecular formula is C15H17NOS2.